The molecule has 6 nitrogen and oxygen atoms in total. The van der Waals surface area contributed by atoms with Crippen LogP contribution in [0.1, 0.15) is 48.5 Å². The molecule has 1 unspecified atom stereocenters. The Hall–Kier alpha value is -1.30. The summed E-state index contributed by atoms with van der Waals surface area (Å²) in [4.78, 5) is 26.3. The van der Waals surface area contributed by atoms with Gasteiger partial charge in [0.25, 0.3) is 0 Å². The van der Waals surface area contributed by atoms with Crippen LogP contribution in [-0.4, -0.2) is 53.3 Å². The molecule has 1 saturated heterocycles. The summed E-state index contributed by atoms with van der Waals surface area (Å²) in [5.41, 5.74) is -2.26. The number of amides is 1. The number of rotatable bonds is 1. The average Bonchev–Trinajstić information content (AvgIpc) is 2.24. The van der Waals surface area contributed by atoms with Crippen molar-refractivity contribution in [3.8, 4) is 0 Å². The van der Waals surface area contributed by atoms with Gasteiger partial charge in [0.2, 0.25) is 0 Å². The lowest BCUT2D eigenvalue weighted by Gasteiger charge is -2.44. The van der Waals surface area contributed by atoms with Gasteiger partial charge < -0.3 is 14.8 Å². The van der Waals surface area contributed by atoms with E-state index >= 15 is 0 Å². The molecule has 0 aromatic carbocycles. The first-order chi connectivity index (χ1) is 9.35. The van der Waals surface area contributed by atoms with Gasteiger partial charge in [-0.1, -0.05) is 0 Å². The third kappa shape index (κ3) is 4.88. The van der Waals surface area contributed by atoms with Crippen molar-refractivity contribution >= 4 is 12.1 Å². The maximum Gasteiger partial charge on any atom is 0.411 e. The highest BCUT2D eigenvalue weighted by atomic mass is 16.6. The smallest absolute Gasteiger partial charge is 0.411 e. The Morgan fingerprint density at radius 1 is 1.05 bits per heavy atom. The third-order valence-corrected chi connectivity index (χ3v) is 3.03. The Balaban J connectivity index is 2.94. The topological polar surface area (TPSA) is 67.9 Å². The highest BCUT2D eigenvalue weighted by molar-refractivity contribution is 5.86. The molecule has 0 aromatic heterocycles. The second-order valence-electron chi connectivity index (χ2n) is 7.58. The van der Waals surface area contributed by atoms with Gasteiger partial charge in [0.15, 0.2) is 5.54 Å². The number of ether oxygens (including phenoxy) is 2. The molecular weight excluding hydrogens is 272 g/mol. The zero-order valence-electron chi connectivity index (χ0n) is 14.2. The van der Waals surface area contributed by atoms with Crippen LogP contribution in [0.25, 0.3) is 0 Å². The Kier molecular flexibility index (Phi) is 4.93. The number of hydrogen-bond acceptors (Lipinski definition) is 5. The van der Waals surface area contributed by atoms with Crippen molar-refractivity contribution in [3.63, 3.8) is 0 Å². The lowest BCUT2D eigenvalue weighted by molar-refractivity contribution is -0.169. The van der Waals surface area contributed by atoms with Crippen LogP contribution in [0, 0.1) is 0 Å². The van der Waals surface area contributed by atoms with Gasteiger partial charge in [0.1, 0.15) is 11.2 Å². The van der Waals surface area contributed by atoms with Crippen molar-refractivity contribution in [1.29, 1.82) is 0 Å². The minimum absolute atomic E-state index is 0.348. The monoisotopic (exact) mass is 300 g/mol. The van der Waals surface area contributed by atoms with Crippen LogP contribution in [-0.2, 0) is 14.3 Å². The molecule has 1 aliphatic heterocycles. The van der Waals surface area contributed by atoms with E-state index < -0.39 is 28.8 Å². The molecule has 0 radical (unpaired) electrons. The third-order valence-electron chi connectivity index (χ3n) is 3.03. The van der Waals surface area contributed by atoms with Gasteiger partial charge in [-0.15, -0.1) is 0 Å². The fourth-order valence-electron chi connectivity index (χ4n) is 2.05. The quantitative estimate of drug-likeness (QED) is 0.749. The zero-order chi connectivity index (χ0) is 16.5. The minimum Gasteiger partial charge on any atom is -0.458 e. The summed E-state index contributed by atoms with van der Waals surface area (Å²) in [6.07, 6.45) is -0.489. The Morgan fingerprint density at radius 2 is 1.57 bits per heavy atom. The van der Waals surface area contributed by atoms with Gasteiger partial charge in [-0.05, 0) is 48.5 Å². The first-order valence-corrected chi connectivity index (χ1v) is 7.30. The fourth-order valence-corrected chi connectivity index (χ4v) is 2.05. The summed E-state index contributed by atoms with van der Waals surface area (Å²) in [7, 11) is 0. The van der Waals surface area contributed by atoms with Crippen molar-refractivity contribution in [2.75, 3.05) is 19.6 Å². The predicted molar refractivity (Wildman–Crippen MR) is 80.1 cm³/mol. The molecule has 0 aliphatic carbocycles. The van der Waals surface area contributed by atoms with E-state index in [-0.39, 0.29) is 0 Å². The maximum atomic E-state index is 12.5. The van der Waals surface area contributed by atoms with E-state index in [1.54, 1.807) is 27.7 Å². The normalized spacial score (nSPS) is 23.7. The molecule has 6 heteroatoms. The Labute approximate surface area is 127 Å². The molecule has 1 N–H and O–H groups in total. The van der Waals surface area contributed by atoms with Gasteiger partial charge in [-0.25, -0.2) is 9.59 Å². The molecule has 0 spiro atoms. The molecule has 122 valence electrons. The molecule has 1 atom stereocenters. The van der Waals surface area contributed by atoms with Crippen LogP contribution in [0.4, 0.5) is 4.79 Å². The van der Waals surface area contributed by atoms with E-state index in [0.29, 0.717) is 19.6 Å². The molecule has 1 rings (SSSR count). The number of carbonyl (C=O) groups excluding carboxylic acids is 2. The van der Waals surface area contributed by atoms with E-state index in [9.17, 15) is 9.59 Å². The second kappa shape index (κ2) is 5.83. The zero-order valence-corrected chi connectivity index (χ0v) is 14.2. The summed E-state index contributed by atoms with van der Waals surface area (Å²) in [5, 5.41) is 3.14. The van der Waals surface area contributed by atoms with E-state index in [1.165, 1.54) is 4.90 Å². The summed E-state index contributed by atoms with van der Waals surface area (Å²) in [6.45, 7) is 13.9. The molecule has 1 fully saturated rings. The van der Waals surface area contributed by atoms with E-state index in [1.807, 2.05) is 20.8 Å². The summed E-state index contributed by atoms with van der Waals surface area (Å²) < 4.78 is 10.9. The number of carbonyl (C=O) groups is 2. The van der Waals surface area contributed by atoms with Crippen LogP contribution in [0.3, 0.4) is 0 Å². The van der Waals surface area contributed by atoms with Crippen molar-refractivity contribution in [1.82, 2.24) is 10.2 Å². The predicted octanol–water partition coefficient (Wildman–Crippen LogP) is 1.93. The minimum atomic E-state index is -1.06. The summed E-state index contributed by atoms with van der Waals surface area (Å²) >= 11 is 0. The number of esters is 1. The van der Waals surface area contributed by atoms with Gasteiger partial charge in [0, 0.05) is 19.6 Å². The van der Waals surface area contributed by atoms with E-state index in [4.69, 9.17) is 9.47 Å². The van der Waals surface area contributed by atoms with Crippen LogP contribution < -0.4 is 5.32 Å². The van der Waals surface area contributed by atoms with Gasteiger partial charge in [-0.3, -0.25) is 4.90 Å². The first-order valence-electron chi connectivity index (χ1n) is 7.30. The Bertz CT molecular complexity index is 409. The maximum absolute atomic E-state index is 12.5. The number of nitrogens with zero attached hydrogens (tertiary/aromatic N) is 1. The first kappa shape index (κ1) is 17.8. The Morgan fingerprint density at radius 3 is 2.05 bits per heavy atom. The van der Waals surface area contributed by atoms with Crippen LogP contribution in [0.2, 0.25) is 0 Å². The van der Waals surface area contributed by atoms with Gasteiger partial charge in [-0.2, -0.15) is 0 Å². The highest BCUT2D eigenvalue weighted by Crippen LogP contribution is 2.24. The average molecular weight is 300 g/mol. The fraction of sp³-hybridized carbons (Fsp3) is 0.867. The SMILES string of the molecule is CC(C)(C)OC(=O)N1CCNCC1(C)C(=O)OC(C)(C)C. The van der Waals surface area contributed by atoms with Crippen molar-refractivity contribution in [2.45, 2.75) is 65.2 Å². The number of piperazine rings is 1. The molecule has 0 bridgehead atoms. The standard InChI is InChI=1S/C15H28N2O4/c1-13(2,3)20-11(18)15(7)10-16-8-9-17(15)12(19)21-14(4,5)6/h16H,8-10H2,1-7H3. The number of nitrogens with one attached hydrogen (secondary N) is 1. The molecule has 1 heterocycles. The molecule has 1 aliphatic rings. The van der Waals surface area contributed by atoms with Crippen molar-refractivity contribution < 1.29 is 19.1 Å². The lowest BCUT2D eigenvalue weighted by atomic mass is 9.97. The summed E-state index contributed by atoms with van der Waals surface area (Å²) in [5.74, 6) is -0.423. The summed E-state index contributed by atoms with van der Waals surface area (Å²) in [6, 6.07) is 0. The lowest BCUT2D eigenvalue weighted by Crippen LogP contribution is -2.66. The molecule has 1 amide bonds. The van der Waals surface area contributed by atoms with Gasteiger partial charge >= 0.3 is 12.1 Å². The molecule has 0 aromatic rings. The van der Waals surface area contributed by atoms with Crippen molar-refractivity contribution in [2.24, 2.45) is 0 Å². The van der Waals surface area contributed by atoms with Gasteiger partial charge in [0.05, 0.1) is 0 Å². The van der Waals surface area contributed by atoms with E-state index in [2.05, 4.69) is 5.32 Å². The van der Waals surface area contributed by atoms with Crippen molar-refractivity contribution in [3.05, 3.63) is 0 Å². The second-order valence-corrected chi connectivity index (χ2v) is 7.58. The number of hydrogen-bond donors (Lipinski definition) is 1. The van der Waals surface area contributed by atoms with Crippen LogP contribution in [0.5, 0.6) is 0 Å². The largest absolute Gasteiger partial charge is 0.458 e. The van der Waals surface area contributed by atoms with Crippen LogP contribution in [0.15, 0.2) is 0 Å². The molecular formula is C15H28N2O4. The van der Waals surface area contributed by atoms with E-state index in [0.717, 1.165) is 0 Å². The van der Waals surface area contributed by atoms with Crippen LogP contribution >= 0.6 is 0 Å². The highest BCUT2D eigenvalue weighted by Gasteiger charge is 2.47. The molecule has 0 saturated carbocycles. The molecule has 21 heavy (non-hydrogen) atoms.